The third-order valence-corrected chi connectivity index (χ3v) is 4.53. The molecule has 0 saturated carbocycles. The van der Waals surface area contributed by atoms with Crippen molar-refractivity contribution in [1.29, 1.82) is 0 Å². The second kappa shape index (κ2) is 8.04. The van der Waals surface area contributed by atoms with E-state index in [2.05, 4.69) is 15.7 Å². The van der Waals surface area contributed by atoms with Crippen molar-refractivity contribution < 1.29 is 19.1 Å². The number of amides is 1. The van der Waals surface area contributed by atoms with Crippen LogP contribution in [0, 0.1) is 5.82 Å². The number of carboxylic acids is 1. The molecule has 8 heteroatoms. The first-order chi connectivity index (χ1) is 14.5. The van der Waals surface area contributed by atoms with E-state index in [9.17, 15) is 19.1 Å². The van der Waals surface area contributed by atoms with Crippen molar-refractivity contribution in [3.8, 4) is 0 Å². The lowest BCUT2D eigenvalue weighted by molar-refractivity contribution is -0.132. The van der Waals surface area contributed by atoms with Gasteiger partial charge in [0.25, 0.3) is 5.91 Å². The second-order valence-electron chi connectivity index (χ2n) is 6.58. The van der Waals surface area contributed by atoms with Gasteiger partial charge >= 0.3 is 5.97 Å². The van der Waals surface area contributed by atoms with Gasteiger partial charge in [0.2, 0.25) is 0 Å². The number of rotatable bonds is 5. The number of halogens is 1. The first-order valence-electron chi connectivity index (χ1n) is 9.11. The SMILES string of the molecule is O=C(O)C1=C[C@H](/C=C/c2ccccc2)n2ncc(C(=O)Nc3ccc(F)cc3)c2N1. The molecule has 7 nitrogen and oxygen atoms in total. The predicted molar refractivity (Wildman–Crippen MR) is 110 cm³/mol. The van der Waals surface area contributed by atoms with Crippen molar-refractivity contribution in [2.45, 2.75) is 6.04 Å². The van der Waals surface area contributed by atoms with Crippen molar-refractivity contribution in [2.24, 2.45) is 0 Å². The number of hydrogen-bond acceptors (Lipinski definition) is 4. The Kier molecular flexibility index (Phi) is 5.13. The molecule has 2 heterocycles. The predicted octanol–water partition coefficient (Wildman–Crippen LogP) is 3.92. The Labute approximate surface area is 171 Å². The molecule has 1 atom stereocenters. The Morgan fingerprint density at radius 3 is 2.57 bits per heavy atom. The number of aromatic nitrogens is 2. The van der Waals surface area contributed by atoms with Crippen LogP contribution in [0.3, 0.4) is 0 Å². The van der Waals surface area contributed by atoms with Crippen LogP contribution in [0.1, 0.15) is 22.0 Å². The molecule has 1 aliphatic rings. The molecule has 0 aliphatic carbocycles. The summed E-state index contributed by atoms with van der Waals surface area (Å²) in [6.07, 6.45) is 6.54. The fourth-order valence-electron chi connectivity index (χ4n) is 3.06. The van der Waals surface area contributed by atoms with E-state index < -0.39 is 23.7 Å². The number of fused-ring (bicyclic) bond motifs is 1. The number of carbonyl (C=O) groups excluding carboxylic acids is 1. The monoisotopic (exact) mass is 404 g/mol. The minimum Gasteiger partial charge on any atom is -0.477 e. The third kappa shape index (κ3) is 3.97. The van der Waals surface area contributed by atoms with Crippen LogP contribution in [0.5, 0.6) is 0 Å². The lowest BCUT2D eigenvalue weighted by Crippen LogP contribution is -2.24. The fourth-order valence-corrected chi connectivity index (χ4v) is 3.06. The molecule has 30 heavy (non-hydrogen) atoms. The summed E-state index contributed by atoms with van der Waals surface area (Å²) in [6, 6.07) is 14.4. The molecule has 1 aliphatic heterocycles. The number of allylic oxidation sites excluding steroid dienone is 2. The Balaban J connectivity index is 1.64. The van der Waals surface area contributed by atoms with Gasteiger partial charge in [0.05, 0.1) is 12.2 Å². The molecule has 3 N–H and O–H groups in total. The zero-order valence-electron chi connectivity index (χ0n) is 15.6. The maximum absolute atomic E-state index is 13.1. The molecule has 1 amide bonds. The van der Waals surface area contributed by atoms with E-state index >= 15 is 0 Å². The number of hydrogen-bond donors (Lipinski definition) is 3. The number of aliphatic carboxylic acids is 1. The van der Waals surface area contributed by atoms with Gasteiger partial charge in [-0.25, -0.2) is 13.9 Å². The van der Waals surface area contributed by atoms with Gasteiger partial charge in [-0.1, -0.05) is 42.5 Å². The summed E-state index contributed by atoms with van der Waals surface area (Å²) in [5, 5.41) is 19.2. The summed E-state index contributed by atoms with van der Waals surface area (Å²) in [7, 11) is 0. The van der Waals surface area contributed by atoms with Crippen LogP contribution in [-0.4, -0.2) is 26.8 Å². The second-order valence-corrected chi connectivity index (χ2v) is 6.58. The van der Waals surface area contributed by atoms with Gasteiger partial charge in [-0.2, -0.15) is 5.10 Å². The zero-order valence-corrected chi connectivity index (χ0v) is 15.6. The van der Waals surface area contributed by atoms with E-state index in [4.69, 9.17) is 0 Å². The summed E-state index contributed by atoms with van der Waals surface area (Å²) >= 11 is 0. The Morgan fingerprint density at radius 2 is 1.87 bits per heavy atom. The van der Waals surface area contributed by atoms with Crippen molar-refractivity contribution in [3.63, 3.8) is 0 Å². The number of benzene rings is 2. The maximum atomic E-state index is 13.1. The van der Waals surface area contributed by atoms with E-state index in [1.54, 1.807) is 6.08 Å². The standard InChI is InChI=1S/C22H17FN4O3/c23-15-7-9-16(10-8-15)25-21(28)18-13-24-27-17(11-6-14-4-2-1-3-5-14)12-19(22(29)30)26-20(18)27/h1-13,17,26H,(H,25,28)(H,29,30)/b11-6+/t17-/m0/s1. The highest BCUT2D eigenvalue weighted by Gasteiger charge is 2.27. The van der Waals surface area contributed by atoms with Crippen molar-refractivity contribution in [1.82, 2.24) is 9.78 Å². The smallest absolute Gasteiger partial charge is 0.352 e. The first-order valence-corrected chi connectivity index (χ1v) is 9.11. The number of nitrogens with zero attached hydrogens (tertiary/aromatic N) is 2. The minimum absolute atomic E-state index is 0.0541. The van der Waals surface area contributed by atoms with E-state index in [1.165, 1.54) is 41.2 Å². The van der Waals surface area contributed by atoms with Crippen LogP contribution in [0.4, 0.5) is 15.9 Å². The topological polar surface area (TPSA) is 96.2 Å². The first kappa shape index (κ1) is 19.1. The lowest BCUT2D eigenvalue weighted by atomic mass is 10.1. The van der Waals surface area contributed by atoms with Gasteiger partial charge in [0, 0.05) is 5.69 Å². The molecular formula is C22H17FN4O3. The Morgan fingerprint density at radius 1 is 1.13 bits per heavy atom. The normalized spacial score (nSPS) is 15.2. The number of carboxylic acid groups (broad SMARTS) is 1. The molecule has 2 aromatic carbocycles. The third-order valence-electron chi connectivity index (χ3n) is 4.53. The van der Waals surface area contributed by atoms with Crippen LogP contribution in [0.15, 0.2) is 78.6 Å². The van der Waals surface area contributed by atoms with Gasteiger partial charge < -0.3 is 15.7 Å². The molecule has 1 aromatic heterocycles. The van der Waals surface area contributed by atoms with Gasteiger partial charge in [-0.05, 0) is 35.9 Å². The highest BCUT2D eigenvalue weighted by Crippen LogP contribution is 2.29. The number of carbonyl (C=O) groups is 2. The van der Waals surface area contributed by atoms with Crippen LogP contribution >= 0.6 is 0 Å². The van der Waals surface area contributed by atoms with Crippen molar-refractivity contribution in [3.05, 3.63) is 95.6 Å². The van der Waals surface area contributed by atoms with Crippen LogP contribution in [0.25, 0.3) is 6.08 Å². The van der Waals surface area contributed by atoms with E-state index in [0.29, 0.717) is 5.69 Å². The highest BCUT2D eigenvalue weighted by atomic mass is 19.1. The van der Waals surface area contributed by atoms with Gasteiger partial charge in [0.1, 0.15) is 22.9 Å². The van der Waals surface area contributed by atoms with Gasteiger partial charge in [0.15, 0.2) is 0 Å². The summed E-state index contributed by atoms with van der Waals surface area (Å²) in [5.41, 5.74) is 1.47. The lowest BCUT2D eigenvalue weighted by Gasteiger charge is -2.22. The summed E-state index contributed by atoms with van der Waals surface area (Å²) < 4.78 is 14.6. The highest BCUT2D eigenvalue weighted by molar-refractivity contribution is 6.08. The molecular weight excluding hydrogens is 387 g/mol. The molecule has 0 radical (unpaired) electrons. The summed E-state index contributed by atoms with van der Waals surface area (Å²) in [6.45, 7) is 0. The average Bonchev–Trinajstić information content (AvgIpc) is 3.18. The van der Waals surface area contributed by atoms with Crippen LogP contribution < -0.4 is 10.6 Å². The molecule has 0 spiro atoms. The van der Waals surface area contributed by atoms with Gasteiger partial charge in [-0.3, -0.25) is 4.79 Å². The quantitative estimate of drug-likeness (QED) is 0.599. The number of nitrogens with one attached hydrogen (secondary N) is 2. The Bertz CT molecular complexity index is 1150. The van der Waals surface area contributed by atoms with Gasteiger partial charge in [-0.15, -0.1) is 0 Å². The maximum Gasteiger partial charge on any atom is 0.352 e. The fraction of sp³-hybridized carbons (Fsp3) is 0.0455. The van der Waals surface area contributed by atoms with Crippen molar-refractivity contribution >= 4 is 29.5 Å². The van der Waals surface area contributed by atoms with Crippen molar-refractivity contribution in [2.75, 3.05) is 10.6 Å². The molecule has 150 valence electrons. The molecule has 0 bridgehead atoms. The van der Waals surface area contributed by atoms with E-state index in [-0.39, 0.29) is 17.1 Å². The van der Waals surface area contributed by atoms with Crippen LogP contribution in [-0.2, 0) is 4.79 Å². The summed E-state index contributed by atoms with van der Waals surface area (Å²) in [4.78, 5) is 24.3. The zero-order chi connectivity index (χ0) is 21.1. The Hall–Kier alpha value is -4.20. The summed E-state index contributed by atoms with van der Waals surface area (Å²) in [5.74, 6) is -1.79. The van der Waals surface area contributed by atoms with E-state index in [1.807, 2.05) is 36.4 Å². The largest absolute Gasteiger partial charge is 0.477 e. The number of anilines is 2. The van der Waals surface area contributed by atoms with E-state index in [0.717, 1.165) is 5.56 Å². The molecule has 0 unspecified atom stereocenters. The molecule has 3 aromatic rings. The molecule has 4 rings (SSSR count). The molecule has 0 fully saturated rings. The average molecular weight is 404 g/mol. The molecule has 0 saturated heterocycles. The van der Waals surface area contributed by atoms with Crippen LogP contribution in [0.2, 0.25) is 0 Å². The minimum atomic E-state index is -1.15.